The SMILES string of the molecule is Cc1cc(Cl)ccc1C(=O)N(CC1CCCCN1)C1CC1. The monoisotopic (exact) mass is 306 g/mol. The minimum absolute atomic E-state index is 0.166. The molecule has 21 heavy (non-hydrogen) atoms. The van der Waals surface area contributed by atoms with E-state index in [1.165, 1.54) is 19.3 Å². The number of carbonyl (C=O) groups is 1. The Morgan fingerprint density at radius 3 is 2.76 bits per heavy atom. The molecule has 1 amide bonds. The quantitative estimate of drug-likeness (QED) is 0.924. The average molecular weight is 307 g/mol. The van der Waals surface area contributed by atoms with Crippen LogP contribution >= 0.6 is 11.6 Å². The smallest absolute Gasteiger partial charge is 0.254 e. The van der Waals surface area contributed by atoms with Gasteiger partial charge in [0.2, 0.25) is 0 Å². The fourth-order valence-corrected chi connectivity index (χ4v) is 3.35. The third-order valence-corrected chi connectivity index (χ3v) is 4.73. The molecule has 4 heteroatoms. The maximum absolute atomic E-state index is 12.9. The van der Waals surface area contributed by atoms with E-state index in [9.17, 15) is 4.79 Å². The van der Waals surface area contributed by atoms with Gasteiger partial charge in [0.25, 0.3) is 5.91 Å². The maximum Gasteiger partial charge on any atom is 0.254 e. The van der Waals surface area contributed by atoms with E-state index in [4.69, 9.17) is 11.6 Å². The largest absolute Gasteiger partial charge is 0.334 e. The van der Waals surface area contributed by atoms with E-state index >= 15 is 0 Å². The lowest BCUT2D eigenvalue weighted by molar-refractivity contribution is 0.0717. The predicted molar refractivity (Wildman–Crippen MR) is 85.9 cm³/mol. The first kappa shape index (κ1) is 14.9. The zero-order chi connectivity index (χ0) is 14.8. The van der Waals surface area contributed by atoms with E-state index in [0.29, 0.717) is 17.1 Å². The second-order valence-corrected chi connectivity index (χ2v) is 6.73. The van der Waals surface area contributed by atoms with Crippen LogP contribution in [0.3, 0.4) is 0 Å². The number of hydrogen-bond donors (Lipinski definition) is 1. The molecule has 1 saturated heterocycles. The molecule has 1 heterocycles. The van der Waals surface area contributed by atoms with Gasteiger partial charge in [0.1, 0.15) is 0 Å². The number of rotatable bonds is 4. The van der Waals surface area contributed by atoms with Gasteiger partial charge < -0.3 is 10.2 Å². The van der Waals surface area contributed by atoms with Gasteiger partial charge >= 0.3 is 0 Å². The molecular weight excluding hydrogens is 284 g/mol. The standard InChI is InChI=1S/C17H23ClN2O/c1-12-10-13(18)5-8-16(12)17(21)20(15-6-7-15)11-14-4-2-3-9-19-14/h5,8,10,14-15,19H,2-4,6-7,9,11H2,1H3. The zero-order valence-corrected chi connectivity index (χ0v) is 13.3. The van der Waals surface area contributed by atoms with Gasteiger partial charge in [0.05, 0.1) is 0 Å². The van der Waals surface area contributed by atoms with Crippen molar-refractivity contribution in [2.45, 2.75) is 51.1 Å². The molecule has 0 aromatic heterocycles. The molecule has 1 saturated carbocycles. The van der Waals surface area contributed by atoms with Crippen LogP contribution in [0.2, 0.25) is 5.02 Å². The Bertz CT molecular complexity index is 522. The van der Waals surface area contributed by atoms with Crippen molar-refractivity contribution in [3.05, 3.63) is 34.3 Å². The van der Waals surface area contributed by atoms with Gasteiger partial charge in [0, 0.05) is 29.2 Å². The van der Waals surface area contributed by atoms with Gasteiger partial charge in [-0.05, 0) is 62.9 Å². The molecule has 1 atom stereocenters. The third-order valence-electron chi connectivity index (χ3n) is 4.50. The number of benzene rings is 1. The molecule has 114 valence electrons. The fourth-order valence-electron chi connectivity index (χ4n) is 3.12. The fraction of sp³-hybridized carbons (Fsp3) is 0.588. The molecule has 3 nitrogen and oxygen atoms in total. The van der Waals surface area contributed by atoms with Crippen molar-refractivity contribution in [2.24, 2.45) is 0 Å². The Balaban J connectivity index is 1.75. The highest BCUT2D eigenvalue weighted by atomic mass is 35.5. The van der Waals surface area contributed by atoms with Gasteiger partial charge in [-0.1, -0.05) is 18.0 Å². The Morgan fingerprint density at radius 2 is 2.14 bits per heavy atom. The van der Waals surface area contributed by atoms with Crippen LogP contribution in [0, 0.1) is 6.92 Å². The number of piperidine rings is 1. The van der Waals surface area contributed by atoms with Crippen molar-refractivity contribution in [3.63, 3.8) is 0 Å². The lowest BCUT2D eigenvalue weighted by Crippen LogP contribution is -2.46. The van der Waals surface area contributed by atoms with E-state index in [2.05, 4.69) is 10.2 Å². The van der Waals surface area contributed by atoms with Gasteiger partial charge in [-0.2, -0.15) is 0 Å². The topological polar surface area (TPSA) is 32.3 Å². The number of halogens is 1. The normalized spacial score (nSPS) is 22.1. The maximum atomic E-state index is 12.9. The highest BCUT2D eigenvalue weighted by Crippen LogP contribution is 2.30. The van der Waals surface area contributed by atoms with Crippen molar-refractivity contribution in [2.75, 3.05) is 13.1 Å². The summed E-state index contributed by atoms with van der Waals surface area (Å²) in [6.45, 7) is 3.88. The van der Waals surface area contributed by atoms with Crippen LogP contribution in [-0.4, -0.2) is 36.0 Å². The van der Waals surface area contributed by atoms with Crippen molar-refractivity contribution < 1.29 is 4.79 Å². The molecule has 1 N–H and O–H groups in total. The lowest BCUT2D eigenvalue weighted by Gasteiger charge is -2.31. The van der Waals surface area contributed by atoms with Gasteiger partial charge in [0.15, 0.2) is 0 Å². The van der Waals surface area contributed by atoms with Crippen LogP contribution in [0.15, 0.2) is 18.2 Å². The number of nitrogens with one attached hydrogen (secondary N) is 1. The number of aryl methyl sites for hydroxylation is 1. The minimum atomic E-state index is 0.166. The van der Waals surface area contributed by atoms with Crippen LogP contribution in [0.5, 0.6) is 0 Å². The highest BCUT2D eigenvalue weighted by molar-refractivity contribution is 6.30. The predicted octanol–water partition coefficient (Wildman–Crippen LogP) is 3.40. The van der Waals surface area contributed by atoms with Gasteiger partial charge in [-0.15, -0.1) is 0 Å². The molecule has 0 bridgehead atoms. The van der Waals surface area contributed by atoms with Crippen LogP contribution in [0.1, 0.15) is 48.0 Å². The molecule has 0 radical (unpaired) electrons. The Kier molecular flexibility index (Phi) is 4.51. The second-order valence-electron chi connectivity index (χ2n) is 6.29. The first-order valence-corrected chi connectivity index (χ1v) is 8.33. The van der Waals surface area contributed by atoms with Crippen molar-refractivity contribution in [3.8, 4) is 0 Å². The van der Waals surface area contributed by atoms with E-state index in [1.807, 2.05) is 25.1 Å². The van der Waals surface area contributed by atoms with Crippen LogP contribution in [-0.2, 0) is 0 Å². The zero-order valence-electron chi connectivity index (χ0n) is 12.6. The average Bonchev–Trinajstić information content (AvgIpc) is 3.30. The molecule has 2 aliphatic rings. The summed E-state index contributed by atoms with van der Waals surface area (Å²) in [5, 5.41) is 4.24. The first-order valence-electron chi connectivity index (χ1n) is 7.95. The summed E-state index contributed by atoms with van der Waals surface area (Å²) >= 11 is 6.00. The molecule has 1 unspecified atom stereocenters. The number of hydrogen-bond acceptors (Lipinski definition) is 2. The first-order chi connectivity index (χ1) is 10.1. The number of amides is 1. The molecule has 0 spiro atoms. The van der Waals surface area contributed by atoms with Crippen LogP contribution in [0.4, 0.5) is 0 Å². The van der Waals surface area contributed by atoms with E-state index in [-0.39, 0.29) is 5.91 Å². The molecule has 1 aliphatic carbocycles. The Morgan fingerprint density at radius 1 is 1.33 bits per heavy atom. The summed E-state index contributed by atoms with van der Waals surface area (Å²) < 4.78 is 0. The van der Waals surface area contributed by atoms with E-state index in [1.54, 1.807) is 0 Å². The summed E-state index contributed by atoms with van der Waals surface area (Å²) in [6, 6.07) is 6.45. The molecule has 3 rings (SSSR count). The minimum Gasteiger partial charge on any atom is -0.334 e. The van der Waals surface area contributed by atoms with Crippen molar-refractivity contribution in [1.82, 2.24) is 10.2 Å². The van der Waals surface area contributed by atoms with Crippen molar-refractivity contribution >= 4 is 17.5 Å². The highest BCUT2D eigenvalue weighted by Gasteiger charge is 2.35. The Hall–Kier alpha value is -1.06. The summed E-state index contributed by atoms with van der Waals surface area (Å²) in [6.07, 6.45) is 5.99. The summed E-state index contributed by atoms with van der Waals surface area (Å²) in [4.78, 5) is 15.0. The lowest BCUT2D eigenvalue weighted by atomic mass is 10.0. The summed E-state index contributed by atoms with van der Waals surface area (Å²) in [5.74, 6) is 0.166. The summed E-state index contributed by atoms with van der Waals surface area (Å²) in [7, 11) is 0. The van der Waals surface area contributed by atoms with E-state index in [0.717, 1.165) is 37.1 Å². The van der Waals surface area contributed by atoms with E-state index < -0.39 is 0 Å². The molecule has 1 aromatic rings. The molecule has 1 aliphatic heterocycles. The molecule has 2 fully saturated rings. The number of nitrogens with zero attached hydrogens (tertiary/aromatic N) is 1. The number of carbonyl (C=O) groups excluding carboxylic acids is 1. The van der Waals surface area contributed by atoms with Gasteiger partial charge in [-0.3, -0.25) is 4.79 Å². The second kappa shape index (κ2) is 6.37. The van der Waals surface area contributed by atoms with Gasteiger partial charge in [-0.25, -0.2) is 0 Å². The third kappa shape index (κ3) is 3.58. The van der Waals surface area contributed by atoms with Crippen LogP contribution in [0.25, 0.3) is 0 Å². The summed E-state index contributed by atoms with van der Waals surface area (Å²) in [5.41, 5.74) is 1.76. The molecular formula is C17H23ClN2O. The van der Waals surface area contributed by atoms with Crippen molar-refractivity contribution in [1.29, 1.82) is 0 Å². The Labute approximate surface area is 131 Å². The van der Waals surface area contributed by atoms with Crippen LogP contribution < -0.4 is 5.32 Å². The molecule has 1 aromatic carbocycles.